The average molecular weight is 334 g/mol. The highest BCUT2D eigenvalue weighted by Crippen LogP contribution is 2.25. The lowest BCUT2D eigenvalue weighted by molar-refractivity contribution is 0.0773. The van der Waals surface area contributed by atoms with Gasteiger partial charge in [0, 0.05) is 30.2 Å². The number of rotatable bonds is 5. The fourth-order valence-electron chi connectivity index (χ4n) is 2.95. The molecule has 3 aromatic rings. The SMILES string of the molecule is CCN(CC)C(=O)c1ccc(C(O)c2ccc3cccnc3c2)cc1. The molecule has 0 saturated heterocycles. The molecule has 1 aromatic heterocycles. The smallest absolute Gasteiger partial charge is 0.253 e. The van der Waals surface area contributed by atoms with E-state index in [0.29, 0.717) is 18.7 Å². The van der Waals surface area contributed by atoms with Gasteiger partial charge in [-0.15, -0.1) is 0 Å². The van der Waals surface area contributed by atoms with Gasteiger partial charge in [-0.25, -0.2) is 0 Å². The Morgan fingerprint density at radius 1 is 1.04 bits per heavy atom. The summed E-state index contributed by atoms with van der Waals surface area (Å²) >= 11 is 0. The Labute approximate surface area is 147 Å². The molecular weight excluding hydrogens is 312 g/mol. The first-order chi connectivity index (χ1) is 12.1. The molecule has 1 amide bonds. The normalized spacial score (nSPS) is 12.1. The molecule has 128 valence electrons. The number of hydrogen-bond donors (Lipinski definition) is 1. The summed E-state index contributed by atoms with van der Waals surface area (Å²) < 4.78 is 0. The van der Waals surface area contributed by atoms with Gasteiger partial charge >= 0.3 is 0 Å². The van der Waals surface area contributed by atoms with Crippen LogP contribution >= 0.6 is 0 Å². The Morgan fingerprint density at radius 2 is 1.72 bits per heavy atom. The number of benzene rings is 2. The highest BCUT2D eigenvalue weighted by Gasteiger charge is 2.15. The highest BCUT2D eigenvalue weighted by atomic mass is 16.3. The molecule has 4 nitrogen and oxygen atoms in total. The lowest BCUT2D eigenvalue weighted by Gasteiger charge is -2.19. The van der Waals surface area contributed by atoms with Gasteiger partial charge in [0.15, 0.2) is 0 Å². The first-order valence-corrected chi connectivity index (χ1v) is 8.56. The van der Waals surface area contributed by atoms with Crippen LogP contribution < -0.4 is 0 Å². The van der Waals surface area contributed by atoms with E-state index in [-0.39, 0.29) is 5.91 Å². The van der Waals surface area contributed by atoms with E-state index < -0.39 is 6.10 Å². The summed E-state index contributed by atoms with van der Waals surface area (Å²) in [5, 5.41) is 11.7. The molecule has 1 atom stereocenters. The second-order valence-electron chi connectivity index (χ2n) is 5.96. The molecule has 0 aliphatic carbocycles. The maximum atomic E-state index is 12.4. The molecule has 2 aromatic carbocycles. The van der Waals surface area contributed by atoms with Crippen molar-refractivity contribution in [3.63, 3.8) is 0 Å². The Bertz CT molecular complexity index is 870. The van der Waals surface area contributed by atoms with Crippen LogP contribution in [0.15, 0.2) is 60.8 Å². The van der Waals surface area contributed by atoms with Crippen LogP contribution in [0.2, 0.25) is 0 Å². The second-order valence-corrected chi connectivity index (χ2v) is 5.96. The largest absolute Gasteiger partial charge is 0.384 e. The molecule has 0 fully saturated rings. The molecule has 3 rings (SSSR count). The van der Waals surface area contributed by atoms with Gasteiger partial charge in [0.25, 0.3) is 5.91 Å². The number of fused-ring (bicyclic) bond motifs is 1. The van der Waals surface area contributed by atoms with Gasteiger partial charge in [-0.3, -0.25) is 9.78 Å². The van der Waals surface area contributed by atoms with Gasteiger partial charge in [-0.1, -0.05) is 30.3 Å². The molecule has 0 saturated carbocycles. The van der Waals surface area contributed by atoms with Gasteiger partial charge in [-0.05, 0) is 49.2 Å². The number of aliphatic hydroxyl groups excluding tert-OH is 1. The zero-order chi connectivity index (χ0) is 17.8. The van der Waals surface area contributed by atoms with Crippen molar-refractivity contribution in [3.05, 3.63) is 77.5 Å². The van der Waals surface area contributed by atoms with E-state index in [0.717, 1.165) is 22.0 Å². The average Bonchev–Trinajstić information content (AvgIpc) is 2.68. The molecule has 0 aliphatic rings. The van der Waals surface area contributed by atoms with Crippen LogP contribution in [0.5, 0.6) is 0 Å². The fourth-order valence-corrected chi connectivity index (χ4v) is 2.95. The maximum absolute atomic E-state index is 12.4. The number of aromatic nitrogens is 1. The molecule has 0 aliphatic heterocycles. The quantitative estimate of drug-likeness (QED) is 0.772. The van der Waals surface area contributed by atoms with Crippen LogP contribution in [-0.2, 0) is 0 Å². The van der Waals surface area contributed by atoms with Gasteiger partial charge in [0.1, 0.15) is 6.10 Å². The molecular formula is C21H22N2O2. The van der Waals surface area contributed by atoms with Gasteiger partial charge in [0.05, 0.1) is 5.52 Å². The highest BCUT2D eigenvalue weighted by molar-refractivity contribution is 5.94. The minimum absolute atomic E-state index is 0.0148. The number of amides is 1. The van der Waals surface area contributed by atoms with Crippen LogP contribution in [0.3, 0.4) is 0 Å². The summed E-state index contributed by atoms with van der Waals surface area (Å²) in [4.78, 5) is 18.5. The van der Waals surface area contributed by atoms with Crippen molar-refractivity contribution in [3.8, 4) is 0 Å². The predicted molar refractivity (Wildman–Crippen MR) is 99.5 cm³/mol. The van der Waals surface area contributed by atoms with E-state index in [1.807, 2.05) is 56.3 Å². The van der Waals surface area contributed by atoms with E-state index >= 15 is 0 Å². The Kier molecular flexibility index (Phi) is 5.10. The lowest BCUT2D eigenvalue weighted by atomic mass is 9.99. The molecule has 25 heavy (non-hydrogen) atoms. The second kappa shape index (κ2) is 7.45. The maximum Gasteiger partial charge on any atom is 0.253 e. The fraction of sp³-hybridized carbons (Fsp3) is 0.238. The van der Waals surface area contributed by atoms with E-state index in [9.17, 15) is 9.90 Å². The van der Waals surface area contributed by atoms with Gasteiger partial charge < -0.3 is 10.0 Å². The van der Waals surface area contributed by atoms with E-state index in [2.05, 4.69) is 4.98 Å². The lowest BCUT2D eigenvalue weighted by Crippen LogP contribution is -2.30. The third-order valence-electron chi connectivity index (χ3n) is 4.47. The number of carbonyl (C=O) groups is 1. The first-order valence-electron chi connectivity index (χ1n) is 8.56. The molecule has 4 heteroatoms. The standard InChI is InChI=1S/C21H22N2O2/c1-3-23(4-2)21(25)17-10-8-16(9-11-17)20(24)18-12-7-15-6-5-13-22-19(15)14-18/h5-14,20,24H,3-4H2,1-2H3. The van der Waals surface area contributed by atoms with E-state index in [1.165, 1.54) is 0 Å². The van der Waals surface area contributed by atoms with Crippen LogP contribution in [0.4, 0.5) is 0 Å². The zero-order valence-corrected chi connectivity index (χ0v) is 14.5. The van der Waals surface area contributed by atoms with E-state index in [1.54, 1.807) is 23.2 Å². The predicted octanol–water partition coefficient (Wildman–Crippen LogP) is 3.80. The van der Waals surface area contributed by atoms with Crippen molar-refractivity contribution in [2.75, 3.05) is 13.1 Å². The van der Waals surface area contributed by atoms with E-state index in [4.69, 9.17) is 0 Å². The first kappa shape index (κ1) is 17.1. The summed E-state index contributed by atoms with van der Waals surface area (Å²) in [7, 11) is 0. The van der Waals surface area contributed by atoms with Crippen molar-refractivity contribution in [1.82, 2.24) is 9.88 Å². The number of nitrogens with zero attached hydrogens (tertiary/aromatic N) is 2. The van der Waals surface area contributed by atoms with Gasteiger partial charge in [-0.2, -0.15) is 0 Å². The number of hydrogen-bond acceptors (Lipinski definition) is 3. The number of aliphatic hydroxyl groups is 1. The van der Waals surface area contributed by atoms with Crippen molar-refractivity contribution in [1.29, 1.82) is 0 Å². The number of pyridine rings is 1. The van der Waals surface area contributed by atoms with Crippen LogP contribution in [-0.4, -0.2) is 34.0 Å². The molecule has 1 N–H and O–H groups in total. The summed E-state index contributed by atoms with van der Waals surface area (Å²) in [6, 6.07) is 16.8. The summed E-state index contributed by atoms with van der Waals surface area (Å²) in [6.45, 7) is 5.30. The molecule has 0 radical (unpaired) electrons. The van der Waals surface area contributed by atoms with Crippen molar-refractivity contribution < 1.29 is 9.90 Å². The monoisotopic (exact) mass is 334 g/mol. The minimum Gasteiger partial charge on any atom is -0.384 e. The Hall–Kier alpha value is -2.72. The van der Waals surface area contributed by atoms with Gasteiger partial charge in [0.2, 0.25) is 0 Å². The van der Waals surface area contributed by atoms with Crippen molar-refractivity contribution in [2.24, 2.45) is 0 Å². The van der Waals surface area contributed by atoms with Crippen LogP contribution in [0.25, 0.3) is 10.9 Å². The summed E-state index contributed by atoms with van der Waals surface area (Å²) in [5.74, 6) is 0.0148. The third kappa shape index (κ3) is 3.54. The Balaban J connectivity index is 1.84. The zero-order valence-electron chi connectivity index (χ0n) is 14.5. The van der Waals surface area contributed by atoms with Crippen molar-refractivity contribution in [2.45, 2.75) is 20.0 Å². The number of carbonyl (C=O) groups excluding carboxylic acids is 1. The molecule has 0 spiro atoms. The summed E-state index contributed by atoms with van der Waals surface area (Å²) in [6.07, 6.45) is 0.996. The third-order valence-corrected chi connectivity index (χ3v) is 4.47. The molecule has 0 bridgehead atoms. The molecule has 1 unspecified atom stereocenters. The minimum atomic E-state index is -0.746. The summed E-state index contributed by atoms with van der Waals surface area (Å²) in [5.41, 5.74) is 3.03. The Morgan fingerprint density at radius 3 is 2.40 bits per heavy atom. The topological polar surface area (TPSA) is 53.4 Å². The molecule has 1 heterocycles. The van der Waals surface area contributed by atoms with Crippen molar-refractivity contribution >= 4 is 16.8 Å². The van der Waals surface area contributed by atoms with Crippen LogP contribution in [0, 0.1) is 0 Å². The van der Waals surface area contributed by atoms with Crippen LogP contribution in [0.1, 0.15) is 41.4 Å².